The molecule has 1 aromatic carbocycles. The summed E-state index contributed by atoms with van der Waals surface area (Å²) < 4.78 is -0.443. The van der Waals surface area contributed by atoms with Gasteiger partial charge in [-0.15, -0.1) is 11.8 Å². The maximum Gasteiger partial charge on any atom is 0.254 e. The minimum Gasteiger partial charge on any atom is -0.382 e. The number of rotatable bonds is 6. The van der Waals surface area contributed by atoms with Crippen LogP contribution >= 0.6 is 11.8 Å². The second-order valence-corrected chi connectivity index (χ2v) is 9.96. The van der Waals surface area contributed by atoms with E-state index in [1.807, 2.05) is 50.3 Å². The van der Waals surface area contributed by atoms with Crippen molar-refractivity contribution in [2.45, 2.75) is 68.5 Å². The van der Waals surface area contributed by atoms with Crippen LogP contribution in [0.5, 0.6) is 0 Å². The van der Waals surface area contributed by atoms with Crippen molar-refractivity contribution in [1.82, 2.24) is 10.2 Å². The number of aliphatic hydroxyl groups excluding tert-OH is 1. The first-order chi connectivity index (χ1) is 13.8. The van der Waals surface area contributed by atoms with Crippen LogP contribution in [0.3, 0.4) is 0 Å². The van der Waals surface area contributed by atoms with Gasteiger partial charge in [0.2, 0.25) is 5.91 Å². The predicted molar refractivity (Wildman–Crippen MR) is 116 cm³/mol. The molecule has 1 aromatic rings. The van der Waals surface area contributed by atoms with Gasteiger partial charge in [0.25, 0.3) is 5.91 Å². The molecule has 1 saturated heterocycles. The number of hydrogen-bond donors (Lipinski definition) is 3. The fourth-order valence-corrected chi connectivity index (χ4v) is 5.10. The average Bonchev–Trinajstić information content (AvgIpc) is 3.03. The van der Waals surface area contributed by atoms with Crippen molar-refractivity contribution in [2.24, 2.45) is 5.73 Å². The van der Waals surface area contributed by atoms with Crippen molar-refractivity contribution >= 4 is 23.6 Å². The first kappa shape index (κ1) is 21.9. The molecule has 1 aliphatic heterocycles. The SMILES string of the molecule is CC1(C)SCN(C(=O)C(O)C(N)Cc2ccccc2)C1C(=O)NC1C=CCCC1. The molecular weight excluding hydrogens is 386 g/mol. The van der Waals surface area contributed by atoms with E-state index >= 15 is 0 Å². The number of amides is 2. The minimum absolute atomic E-state index is 0.000127. The molecule has 4 N–H and O–H groups in total. The third-order valence-electron chi connectivity index (χ3n) is 5.63. The van der Waals surface area contributed by atoms with Crippen LogP contribution < -0.4 is 11.1 Å². The lowest BCUT2D eigenvalue weighted by atomic mass is 9.96. The Balaban J connectivity index is 1.69. The number of thioether (sulfide) groups is 1. The van der Waals surface area contributed by atoms with Crippen LogP contribution in [-0.4, -0.2) is 56.7 Å². The maximum atomic E-state index is 13.1. The fourth-order valence-electron chi connectivity index (χ4n) is 3.96. The molecule has 1 heterocycles. The Hall–Kier alpha value is -1.83. The monoisotopic (exact) mass is 417 g/mol. The van der Waals surface area contributed by atoms with Gasteiger partial charge in [-0.25, -0.2) is 0 Å². The second-order valence-electron chi connectivity index (χ2n) is 8.36. The highest BCUT2D eigenvalue weighted by Gasteiger charge is 2.49. The number of benzene rings is 1. The van der Waals surface area contributed by atoms with Crippen molar-refractivity contribution in [2.75, 3.05) is 5.88 Å². The number of carbonyl (C=O) groups excluding carboxylic acids is 2. The van der Waals surface area contributed by atoms with Gasteiger partial charge in [-0.2, -0.15) is 0 Å². The standard InChI is InChI=1S/C22H31N3O3S/c1-22(2)19(20(27)24-16-11-7-4-8-12-16)25(14-29-22)21(28)18(26)17(23)13-15-9-5-3-6-10-15/h3,5-7,9-11,16-19,26H,4,8,12-14,23H2,1-2H3,(H,24,27). The van der Waals surface area contributed by atoms with E-state index in [0.29, 0.717) is 12.3 Å². The Morgan fingerprint density at radius 1 is 1.34 bits per heavy atom. The van der Waals surface area contributed by atoms with Crippen molar-refractivity contribution in [3.05, 3.63) is 48.0 Å². The number of nitrogens with one attached hydrogen (secondary N) is 1. The van der Waals surface area contributed by atoms with E-state index in [2.05, 4.69) is 11.4 Å². The van der Waals surface area contributed by atoms with Gasteiger partial charge in [0.05, 0.1) is 5.88 Å². The molecule has 4 atom stereocenters. The molecule has 2 aliphatic rings. The number of aliphatic hydroxyl groups is 1. The maximum absolute atomic E-state index is 13.1. The summed E-state index contributed by atoms with van der Waals surface area (Å²) in [5.74, 6) is -0.293. The summed E-state index contributed by atoms with van der Waals surface area (Å²) in [6.45, 7) is 3.92. The van der Waals surface area contributed by atoms with Crippen LogP contribution in [0.1, 0.15) is 38.7 Å². The molecule has 29 heavy (non-hydrogen) atoms. The van der Waals surface area contributed by atoms with Gasteiger partial charge in [0.15, 0.2) is 0 Å². The smallest absolute Gasteiger partial charge is 0.254 e. The molecule has 7 heteroatoms. The number of carbonyl (C=O) groups is 2. The molecule has 0 radical (unpaired) electrons. The van der Waals surface area contributed by atoms with E-state index in [1.54, 1.807) is 11.8 Å². The molecule has 6 nitrogen and oxygen atoms in total. The Kier molecular flexibility index (Phi) is 7.03. The summed E-state index contributed by atoms with van der Waals surface area (Å²) in [7, 11) is 0. The van der Waals surface area contributed by atoms with Crippen molar-refractivity contribution in [3.63, 3.8) is 0 Å². The first-order valence-corrected chi connectivity index (χ1v) is 11.2. The first-order valence-electron chi connectivity index (χ1n) is 10.2. The molecule has 1 aliphatic carbocycles. The van der Waals surface area contributed by atoms with E-state index in [4.69, 9.17) is 5.73 Å². The number of nitrogens with zero attached hydrogens (tertiary/aromatic N) is 1. The van der Waals surface area contributed by atoms with Gasteiger partial charge in [-0.3, -0.25) is 9.59 Å². The summed E-state index contributed by atoms with van der Waals surface area (Å²) in [5, 5.41) is 13.7. The van der Waals surface area contributed by atoms with Crippen LogP contribution in [0.25, 0.3) is 0 Å². The number of allylic oxidation sites excluding steroid dienone is 1. The number of nitrogens with two attached hydrogens (primary N) is 1. The van der Waals surface area contributed by atoms with E-state index in [9.17, 15) is 14.7 Å². The van der Waals surface area contributed by atoms with E-state index in [0.717, 1.165) is 24.8 Å². The van der Waals surface area contributed by atoms with Gasteiger partial charge >= 0.3 is 0 Å². The molecule has 4 unspecified atom stereocenters. The lowest BCUT2D eigenvalue weighted by Crippen LogP contribution is -2.58. The Morgan fingerprint density at radius 3 is 2.72 bits per heavy atom. The highest BCUT2D eigenvalue weighted by molar-refractivity contribution is 8.00. The fraction of sp³-hybridized carbons (Fsp3) is 0.545. The predicted octanol–water partition coefficient (Wildman–Crippen LogP) is 1.82. The van der Waals surface area contributed by atoms with Crippen LogP contribution in [0.15, 0.2) is 42.5 Å². The van der Waals surface area contributed by atoms with Gasteiger partial charge in [0, 0.05) is 16.8 Å². The van der Waals surface area contributed by atoms with Crippen LogP contribution in [0.2, 0.25) is 0 Å². The van der Waals surface area contributed by atoms with Crippen LogP contribution in [0, 0.1) is 0 Å². The third kappa shape index (κ3) is 5.21. The molecule has 0 aromatic heterocycles. The highest BCUT2D eigenvalue weighted by atomic mass is 32.2. The molecule has 2 amide bonds. The second kappa shape index (κ2) is 9.32. The summed E-state index contributed by atoms with van der Waals surface area (Å²) in [5.41, 5.74) is 7.10. The average molecular weight is 418 g/mol. The zero-order valence-corrected chi connectivity index (χ0v) is 17.9. The molecule has 1 fully saturated rings. The van der Waals surface area contributed by atoms with Gasteiger partial charge in [-0.05, 0) is 45.1 Å². The summed E-state index contributed by atoms with van der Waals surface area (Å²) in [4.78, 5) is 27.6. The molecule has 0 saturated carbocycles. The Labute approximate surface area is 176 Å². The molecule has 0 spiro atoms. The van der Waals surface area contributed by atoms with Crippen molar-refractivity contribution < 1.29 is 14.7 Å². The largest absolute Gasteiger partial charge is 0.382 e. The van der Waals surface area contributed by atoms with Gasteiger partial charge in [0.1, 0.15) is 12.1 Å². The summed E-state index contributed by atoms with van der Waals surface area (Å²) in [6, 6.07) is 8.16. The minimum atomic E-state index is -1.35. The van der Waals surface area contributed by atoms with Crippen LogP contribution in [-0.2, 0) is 16.0 Å². The lowest BCUT2D eigenvalue weighted by molar-refractivity contribution is -0.147. The van der Waals surface area contributed by atoms with Crippen LogP contribution in [0.4, 0.5) is 0 Å². The van der Waals surface area contributed by atoms with E-state index in [1.165, 1.54) is 4.90 Å². The lowest BCUT2D eigenvalue weighted by Gasteiger charge is -2.33. The Morgan fingerprint density at radius 2 is 2.07 bits per heavy atom. The molecule has 3 rings (SSSR count). The van der Waals surface area contributed by atoms with Gasteiger partial charge in [-0.1, -0.05) is 42.5 Å². The third-order valence-corrected chi connectivity index (χ3v) is 7.01. The number of hydrogen-bond acceptors (Lipinski definition) is 5. The van der Waals surface area contributed by atoms with E-state index in [-0.39, 0.29) is 11.9 Å². The zero-order valence-electron chi connectivity index (χ0n) is 17.1. The summed E-state index contributed by atoms with van der Waals surface area (Å²) >= 11 is 1.54. The quantitative estimate of drug-likeness (QED) is 0.614. The summed E-state index contributed by atoms with van der Waals surface area (Å²) in [6.07, 6.45) is 6.12. The van der Waals surface area contributed by atoms with Crippen molar-refractivity contribution in [3.8, 4) is 0 Å². The molecule has 0 bridgehead atoms. The van der Waals surface area contributed by atoms with E-state index < -0.39 is 28.8 Å². The zero-order chi connectivity index (χ0) is 21.0. The van der Waals surface area contributed by atoms with Gasteiger partial charge < -0.3 is 21.1 Å². The topological polar surface area (TPSA) is 95.7 Å². The Bertz CT molecular complexity index is 753. The molecular formula is C22H31N3O3S. The van der Waals surface area contributed by atoms with Crippen molar-refractivity contribution in [1.29, 1.82) is 0 Å². The normalized spacial score (nSPS) is 25.4. The molecule has 158 valence electrons. The highest BCUT2D eigenvalue weighted by Crippen LogP contribution is 2.40.